The van der Waals surface area contributed by atoms with Crippen LogP contribution in [0.25, 0.3) is 21.8 Å². The fraction of sp³-hybridized carbons (Fsp3) is 0.0400. The molecule has 8 aromatic carbocycles. The number of hydrogen-bond donors (Lipinski definition) is 0. The van der Waals surface area contributed by atoms with Crippen molar-refractivity contribution in [3.05, 3.63) is 212 Å². The van der Waals surface area contributed by atoms with Crippen LogP contribution in [-0.2, 0) is 6.54 Å². The second kappa shape index (κ2) is 14.5. The van der Waals surface area contributed by atoms with Gasteiger partial charge in [0.15, 0.2) is 0 Å². The summed E-state index contributed by atoms with van der Waals surface area (Å²) >= 11 is 0. The topological polar surface area (TPSA) is 14.7 Å². The van der Waals surface area contributed by atoms with Gasteiger partial charge in [0.2, 0.25) is 0 Å². The van der Waals surface area contributed by atoms with Crippen molar-refractivity contribution in [2.75, 3.05) is 14.7 Å². The van der Waals surface area contributed by atoms with E-state index in [1.165, 1.54) is 21.8 Å². The third-order valence-corrected chi connectivity index (χ3v) is 10.1. The molecule has 0 aliphatic heterocycles. The number of aromatic nitrogens is 1. The predicted octanol–water partition coefficient (Wildman–Crippen LogP) is 14.2. The van der Waals surface area contributed by atoms with E-state index in [1.807, 2.05) is 0 Å². The van der Waals surface area contributed by atoms with Gasteiger partial charge in [-0.1, -0.05) is 109 Å². The minimum Gasteiger partial charge on any atom is -0.341 e. The van der Waals surface area contributed by atoms with Crippen molar-refractivity contribution in [3.63, 3.8) is 0 Å². The normalized spacial score (nSPS) is 11.1. The highest BCUT2D eigenvalue weighted by Gasteiger charge is 2.21. The molecule has 0 N–H and O–H groups in total. The van der Waals surface area contributed by atoms with Gasteiger partial charge in [-0.25, -0.2) is 0 Å². The van der Waals surface area contributed by atoms with Crippen LogP contribution >= 0.6 is 0 Å². The van der Waals surface area contributed by atoms with Crippen LogP contribution in [0.1, 0.15) is 6.92 Å². The number of fused-ring (bicyclic) bond motifs is 3. The molecule has 4 heteroatoms. The van der Waals surface area contributed by atoms with Gasteiger partial charge in [0.1, 0.15) is 0 Å². The number of anilines is 9. The van der Waals surface area contributed by atoms with Crippen LogP contribution in [0.15, 0.2) is 212 Å². The van der Waals surface area contributed by atoms with Gasteiger partial charge < -0.3 is 19.3 Å². The molecular formula is C50H40N4. The van der Waals surface area contributed by atoms with Gasteiger partial charge in [-0.05, 0) is 110 Å². The number of para-hydroxylation sites is 5. The molecule has 0 radical (unpaired) electrons. The third kappa shape index (κ3) is 6.14. The molecule has 1 heterocycles. The van der Waals surface area contributed by atoms with E-state index in [1.54, 1.807) is 0 Å². The molecule has 1 aromatic heterocycles. The molecule has 0 bridgehead atoms. The summed E-state index contributed by atoms with van der Waals surface area (Å²) in [5.41, 5.74) is 12.2. The lowest BCUT2D eigenvalue weighted by atomic mass is 10.1. The molecule has 54 heavy (non-hydrogen) atoms. The summed E-state index contributed by atoms with van der Waals surface area (Å²) in [6.07, 6.45) is 0. The summed E-state index contributed by atoms with van der Waals surface area (Å²) < 4.78 is 2.43. The molecule has 260 valence electrons. The summed E-state index contributed by atoms with van der Waals surface area (Å²) in [7, 11) is 0. The van der Waals surface area contributed by atoms with Gasteiger partial charge in [-0.2, -0.15) is 0 Å². The standard InChI is InChI=1S/C50H40N4/c1-2-51-49-32-16-15-31-47(49)48-34-33-46(37-50(48)51)54(44-29-17-27-42(35-44)52(38-19-7-3-8-20-38)39-21-9-4-10-22-39)45-30-18-28-43(36-45)53(40-23-11-5-12-24-40)41-25-13-6-14-26-41/h3-37H,2H2,1H3. The summed E-state index contributed by atoms with van der Waals surface area (Å²) in [5.74, 6) is 0. The molecule has 4 nitrogen and oxygen atoms in total. The molecular weight excluding hydrogens is 657 g/mol. The highest BCUT2D eigenvalue weighted by atomic mass is 15.2. The first-order valence-electron chi connectivity index (χ1n) is 18.6. The van der Waals surface area contributed by atoms with Crippen molar-refractivity contribution < 1.29 is 0 Å². The Balaban J connectivity index is 1.25. The molecule has 0 amide bonds. The summed E-state index contributed by atoms with van der Waals surface area (Å²) in [6, 6.07) is 75.8. The van der Waals surface area contributed by atoms with Gasteiger partial charge in [0.05, 0.1) is 5.52 Å². The molecule has 0 atom stereocenters. The molecule has 0 saturated heterocycles. The first-order valence-corrected chi connectivity index (χ1v) is 18.6. The molecule has 0 aliphatic carbocycles. The summed E-state index contributed by atoms with van der Waals surface area (Å²) in [6.45, 7) is 3.11. The van der Waals surface area contributed by atoms with E-state index < -0.39 is 0 Å². The quantitative estimate of drug-likeness (QED) is 0.141. The van der Waals surface area contributed by atoms with E-state index in [0.717, 1.165) is 57.7 Å². The van der Waals surface area contributed by atoms with Gasteiger partial charge in [-0.3, -0.25) is 0 Å². The monoisotopic (exact) mass is 696 g/mol. The average molecular weight is 697 g/mol. The van der Waals surface area contributed by atoms with E-state index in [2.05, 4.69) is 239 Å². The van der Waals surface area contributed by atoms with Crippen molar-refractivity contribution >= 4 is 73.0 Å². The number of aryl methyl sites for hydroxylation is 1. The molecule has 0 aliphatic rings. The Bertz CT molecular complexity index is 2450. The van der Waals surface area contributed by atoms with Crippen molar-refractivity contribution in [1.29, 1.82) is 0 Å². The highest BCUT2D eigenvalue weighted by molar-refractivity contribution is 6.09. The average Bonchev–Trinajstić information content (AvgIpc) is 3.56. The number of rotatable bonds is 10. The van der Waals surface area contributed by atoms with Gasteiger partial charge in [-0.15, -0.1) is 0 Å². The van der Waals surface area contributed by atoms with Gasteiger partial charge in [0, 0.05) is 74.0 Å². The van der Waals surface area contributed by atoms with Crippen LogP contribution < -0.4 is 14.7 Å². The van der Waals surface area contributed by atoms with E-state index in [9.17, 15) is 0 Å². The second-order valence-electron chi connectivity index (χ2n) is 13.4. The Morgan fingerprint density at radius 1 is 0.296 bits per heavy atom. The maximum Gasteiger partial charge on any atom is 0.0512 e. The zero-order chi connectivity index (χ0) is 36.3. The first-order chi connectivity index (χ1) is 26.8. The largest absolute Gasteiger partial charge is 0.341 e. The van der Waals surface area contributed by atoms with Crippen LogP contribution in [-0.4, -0.2) is 4.57 Å². The van der Waals surface area contributed by atoms with E-state index >= 15 is 0 Å². The SMILES string of the molecule is CCn1c2ccccc2c2ccc(N(c3cccc(N(c4ccccc4)c4ccccc4)c3)c3cccc(N(c4ccccc4)c4ccccc4)c3)cc21. The van der Waals surface area contributed by atoms with Crippen molar-refractivity contribution in [1.82, 2.24) is 4.57 Å². The fourth-order valence-corrected chi connectivity index (χ4v) is 7.71. The van der Waals surface area contributed by atoms with Crippen LogP contribution in [0.2, 0.25) is 0 Å². The Morgan fingerprint density at radius 3 is 1.06 bits per heavy atom. The molecule has 0 unspecified atom stereocenters. The van der Waals surface area contributed by atoms with Gasteiger partial charge >= 0.3 is 0 Å². The maximum absolute atomic E-state index is 2.43. The predicted molar refractivity (Wildman–Crippen MR) is 229 cm³/mol. The highest BCUT2D eigenvalue weighted by Crippen LogP contribution is 2.44. The molecule has 9 aromatic rings. The molecule has 0 spiro atoms. The number of nitrogens with zero attached hydrogens (tertiary/aromatic N) is 4. The van der Waals surface area contributed by atoms with Crippen LogP contribution in [0.3, 0.4) is 0 Å². The fourth-order valence-electron chi connectivity index (χ4n) is 7.71. The maximum atomic E-state index is 2.43. The Labute approximate surface area is 317 Å². The van der Waals surface area contributed by atoms with Crippen LogP contribution in [0, 0.1) is 0 Å². The lowest BCUT2D eigenvalue weighted by molar-refractivity contribution is 0.827. The van der Waals surface area contributed by atoms with E-state index in [4.69, 9.17) is 0 Å². The van der Waals surface area contributed by atoms with Gasteiger partial charge in [0.25, 0.3) is 0 Å². The number of benzene rings is 8. The van der Waals surface area contributed by atoms with Crippen LogP contribution in [0.5, 0.6) is 0 Å². The zero-order valence-electron chi connectivity index (χ0n) is 30.2. The van der Waals surface area contributed by atoms with Crippen molar-refractivity contribution in [2.24, 2.45) is 0 Å². The zero-order valence-corrected chi connectivity index (χ0v) is 30.2. The molecule has 0 saturated carbocycles. The number of hydrogen-bond acceptors (Lipinski definition) is 3. The molecule has 0 fully saturated rings. The van der Waals surface area contributed by atoms with Crippen LogP contribution in [0.4, 0.5) is 51.2 Å². The molecule has 9 rings (SSSR count). The smallest absolute Gasteiger partial charge is 0.0512 e. The van der Waals surface area contributed by atoms with E-state index in [0.29, 0.717) is 0 Å². The first kappa shape index (κ1) is 32.8. The van der Waals surface area contributed by atoms with E-state index in [-0.39, 0.29) is 0 Å². The Morgan fingerprint density at radius 2 is 0.630 bits per heavy atom. The van der Waals surface area contributed by atoms with Crippen molar-refractivity contribution in [3.8, 4) is 0 Å². The minimum absolute atomic E-state index is 0.880. The lowest BCUT2D eigenvalue weighted by Gasteiger charge is -2.31. The lowest BCUT2D eigenvalue weighted by Crippen LogP contribution is -2.14. The Hall–Kier alpha value is -7.04. The summed E-state index contributed by atoms with van der Waals surface area (Å²) in [5, 5.41) is 2.54. The third-order valence-electron chi connectivity index (χ3n) is 10.1. The second-order valence-corrected chi connectivity index (χ2v) is 13.4. The Kier molecular flexibility index (Phi) is 8.84. The van der Waals surface area contributed by atoms with Crippen molar-refractivity contribution in [2.45, 2.75) is 13.5 Å². The summed E-state index contributed by atoms with van der Waals surface area (Å²) in [4.78, 5) is 7.04. The minimum atomic E-state index is 0.880.